The lowest BCUT2D eigenvalue weighted by Gasteiger charge is -2.01. The topological polar surface area (TPSA) is 25.8 Å². The third-order valence-electron chi connectivity index (χ3n) is 1.99. The molecule has 0 unspecified atom stereocenters. The molecular formula is C11H10N2. The van der Waals surface area contributed by atoms with Crippen molar-refractivity contribution in [2.45, 2.75) is 6.92 Å². The predicted octanol–water partition coefficient (Wildman–Crippen LogP) is 2.58. The smallest absolute Gasteiger partial charge is 0.152 e. The monoisotopic (exact) mass is 170 g/mol. The number of para-hydroxylation sites is 1. The van der Waals surface area contributed by atoms with E-state index in [1.807, 2.05) is 31.2 Å². The minimum Gasteiger partial charge on any atom is -0.233 e. The summed E-state index contributed by atoms with van der Waals surface area (Å²) >= 11 is 0. The van der Waals surface area contributed by atoms with Crippen LogP contribution in [0.1, 0.15) is 11.5 Å². The molecule has 2 nitrogen and oxygen atoms in total. The molecule has 1 heterocycles. The zero-order valence-electron chi connectivity index (χ0n) is 7.49. The molecule has 13 heavy (non-hydrogen) atoms. The van der Waals surface area contributed by atoms with E-state index in [1.165, 1.54) is 0 Å². The van der Waals surface area contributed by atoms with E-state index in [0.717, 1.165) is 16.6 Å². The van der Waals surface area contributed by atoms with Crippen molar-refractivity contribution in [2.75, 3.05) is 0 Å². The number of aromatic nitrogens is 2. The van der Waals surface area contributed by atoms with E-state index in [1.54, 1.807) is 6.08 Å². The lowest BCUT2D eigenvalue weighted by Crippen LogP contribution is -1.92. The third-order valence-corrected chi connectivity index (χ3v) is 1.99. The molecule has 0 saturated carbocycles. The summed E-state index contributed by atoms with van der Waals surface area (Å²) in [5.41, 5.74) is 1.98. The van der Waals surface area contributed by atoms with Crippen molar-refractivity contribution in [1.82, 2.24) is 9.97 Å². The van der Waals surface area contributed by atoms with Gasteiger partial charge in [0, 0.05) is 11.1 Å². The second-order valence-corrected chi connectivity index (χ2v) is 2.89. The Morgan fingerprint density at radius 1 is 1.23 bits per heavy atom. The lowest BCUT2D eigenvalue weighted by atomic mass is 10.2. The van der Waals surface area contributed by atoms with Crippen LogP contribution in [0.4, 0.5) is 0 Å². The van der Waals surface area contributed by atoms with E-state index in [4.69, 9.17) is 0 Å². The van der Waals surface area contributed by atoms with Gasteiger partial charge in [-0.15, -0.1) is 0 Å². The van der Waals surface area contributed by atoms with Crippen molar-refractivity contribution >= 4 is 17.0 Å². The summed E-state index contributed by atoms with van der Waals surface area (Å²) in [7, 11) is 0. The van der Waals surface area contributed by atoms with Crippen LogP contribution in [0.15, 0.2) is 30.8 Å². The van der Waals surface area contributed by atoms with Gasteiger partial charge in [-0.3, -0.25) is 0 Å². The van der Waals surface area contributed by atoms with Gasteiger partial charge in [0.2, 0.25) is 0 Å². The first-order valence-electron chi connectivity index (χ1n) is 4.17. The summed E-state index contributed by atoms with van der Waals surface area (Å²) in [4.78, 5) is 8.62. The molecule has 0 saturated heterocycles. The van der Waals surface area contributed by atoms with Gasteiger partial charge in [0.1, 0.15) is 0 Å². The highest BCUT2D eigenvalue weighted by atomic mass is 14.9. The first kappa shape index (κ1) is 7.92. The summed E-state index contributed by atoms with van der Waals surface area (Å²) in [5, 5.41) is 1.10. The maximum absolute atomic E-state index is 4.33. The van der Waals surface area contributed by atoms with Gasteiger partial charge < -0.3 is 0 Å². The molecule has 64 valence electrons. The van der Waals surface area contributed by atoms with Crippen molar-refractivity contribution in [1.29, 1.82) is 0 Å². The van der Waals surface area contributed by atoms with Crippen molar-refractivity contribution < 1.29 is 0 Å². The molecule has 0 atom stereocenters. The lowest BCUT2D eigenvalue weighted by molar-refractivity contribution is 1.12. The van der Waals surface area contributed by atoms with Crippen LogP contribution in [0.5, 0.6) is 0 Å². The van der Waals surface area contributed by atoms with Crippen molar-refractivity contribution in [3.05, 3.63) is 42.4 Å². The van der Waals surface area contributed by atoms with Crippen LogP contribution in [-0.4, -0.2) is 9.97 Å². The summed E-state index contributed by atoms with van der Waals surface area (Å²) in [6, 6.07) is 7.97. The van der Waals surface area contributed by atoms with Gasteiger partial charge in [0.25, 0.3) is 0 Å². The molecule has 0 amide bonds. The summed E-state index contributed by atoms with van der Waals surface area (Å²) in [6.07, 6.45) is 1.67. The maximum atomic E-state index is 4.33. The van der Waals surface area contributed by atoms with Crippen molar-refractivity contribution in [2.24, 2.45) is 0 Å². The summed E-state index contributed by atoms with van der Waals surface area (Å²) in [6.45, 7) is 5.64. The number of benzene rings is 1. The minimum absolute atomic E-state index is 0.691. The van der Waals surface area contributed by atoms with Gasteiger partial charge >= 0.3 is 0 Å². The Kier molecular flexibility index (Phi) is 1.81. The van der Waals surface area contributed by atoms with E-state index >= 15 is 0 Å². The average molecular weight is 170 g/mol. The van der Waals surface area contributed by atoms with Crippen LogP contribution in [0.3, 0.4) is 0 Å². The molecule has 0 spiro atoms. The SMILES string of the molecule is C=Cc1nc(C)c2ccccc2n1. The molecule has 1 aromatic heterocycles. The quantitative estimate of drug-likeness (QED) is 0.657. The van der Waals surface area contributed by atoms with E-state index in [-0.39, 0.29) is 0 Å². The van der Waals surface area contributed by atoms with Gasteiger partial charge in [-0.05, 0) is 19.1 Å². The van der Waals surface area contributed by atoms with Gasteiger partial charge in [-0.1, -0.05) is 24.8 Å². The van der Waals surface area contributed by atoms with Crippen molar-refractivity contribution in [3.8, 4) is 0 Å². The highest BCUT2D eigenvalue weighted by Gasteiger charge is 1.99. The molecule has 0 aliphatic rings. The number of aryl methyl sites for hydroxylation is 1. The Bertz CT molecular complexity index is 461. The highest BCUT2D eigenvalue weighted by molar-refractivity contribution is 5.81. The number of hydrogen-bond donors (Lipinski definition) is 0. The molecule has 0 bridgehead atoms. The molecular weight excluding hydrogens is 160 g/mol. The Hall–Kier alpha value is -1.70. The number of rotatable bonds is 1. The molecule has 2 rings (SSSR count). The zero-order valence-corrected chi connectivity index (χ0v) is 7.49. The second-order valence-electron chi connectivity index (χ2n) is 2.89. The fourth-order valence-electron chi connectivity index (χ4n) is 1.35. The highest BCUT2D eigenvalue weighted by Crippen LogP contribution is 2.14. The van der Waals surface area contributed by atoms with Crippen LogP contribution in [0, 0.1) is 6.92 Å². The number of fused-ring (bicyclic) bond motifs is 1. The molecule has 2 aromatic rings. The van der Waals surface area contributed by atoms with E-state index in [9.17, 15) is 0 Å². The Morgan fingerprint density at radius 3 is 2.77 bits per heavy atom. The second kappa shape index (κ2) is 2.98. The fraction of sp³-hybridized carbons (Fsp3) is 0.0909. The molecule has 1 aromatic carbocycles. The molecule has 0 N–H and O–H groups in total. The first-order chi connectivity index (χ1) is 6.31. The molecule has 0 aliphatic carbocycles. The van der Waals surface area contributed by atoms with Crippen LogP contribution < -0.4 is 0 Å². The number of nitrogens with zero attached hydrogens (tertiary/aromatic N) is 2. The average Bonchev–Trinajstić information content (AvgIpc) is 2.18. The maximum Gasteiger partial charge on any atom is 0.152 e. The van der Waals surface area contributed by atoms with E-state index in [0.29, 0.717) is 5.82 Å². The van der Waals surface area contributed by atoms with Crippen molar-refractivity contribution in [3.63, 3.8) is 0 Å². The van der Waals surface area contributed by atoms with Gasteiger partial charge in [0.15, 0.2) is 5.82 Å². The van der Waals surface area contributed by atoms with Crippen LogP contribution in [0.25, 0.3) is 17.0 Å². The van der Waals surface area contributed by atoms with E-state index in [2.05, 4.69) is 16.5 Å². The zero-order chi connectivity index (χ0) is 9.26. The Labute approximate surface area is 77.0 Å². The Balaban J connectivity index is 2.84. The van der Waals surface area contributed by atoms with Gasteiger partial charge in [-0.2, -0.15) is 0 Å². The third kappa shape index (κ3) is 1.31. The number of hydrogen-bond acceptors (Lipinski definition) is 2. The minimum atomic E-state index is 0.691. The summed E-state index contributed by atoms with van der Waals surface area (Å²) in [5.74, 6) is 0.691. The first-order valence-corrected chi connectivity index (χ1v) is 4.17. The fourth-order valence-corrected chi connectivity index (χ4v) is 1.35. The van der Waals surface area contributed by atoms with Crippen LogP contribution in [-0.2, 0) is 0 Å². The largest absolute Gasteiger partial charge is 0.233 e. The molecule has 0 radical (unpaired) electrons. The summed E-state index contributed by atoms with van der Waals surface area (Å²) < 4.78 is 0. The van der Waals surface area contributed by atoms with Gasteiger partial charge in [-0.25, -0.2) is 9.97 Å². The van der Waals surface area contributed by atoms with Crippen LogP contribution >= 0.6 is 0 Å². The standard InChI is InChI=1S/C11H10N2/c1-3-11-12-8(2)9-6-4-5-7-10(9)13-11/h3-7H,1H2,2H3. The van der Waals surface area contributed by atoms with E-state index < -0.39 is 0 Å². The predicted molar refractivity (Wildman–Crippen MR) is 54.4 cm³/mol. The Morgan fingerprint density at radius 2 is 2.00 bits per heavy atom. The molecule has 0 aliphatic heterocycles. The normalized spacial score (nSPS) is 10.2. The van der Waals surface area contributed by atoms with Gasteiger partial charge in [0.05, 0.1) is 5.52 Å². The van der Waals surface area contributed by atoms with Crippen LogP contribution in [0.2, 0.25) is 0 Å². The molecule has 2 heteroatoms. The molecule has 0 fully saturated rings.